The summed E-state index contributed by atoms with van der Waals surface area (Å²) >= 11 is 0. The molecular weight excluding hydrogens is 515 g/mol. The third kappa shape index (κ3) is 5.21. The van der Waals surface area contributed by atoms with E-state index in [0.29, 0.717) is 56.0 Å². The van der Waals surface area contributed by atoms with E-state index >= 15 is 0 Å². The number of hydrogen-bond acceptors (Lipinski definition) is 8. The molecule has 3 aromatic rings. The zero-order chi connectivity index (χ0) is 28.6. The van der Waals surface area contributed by atoms with Crippen LogP contribution in [0, 0.1) is 6.92 Å². The van der Waals surface area contributed by atoms with Crippen molar-refractivity contribution in [3.05, 3.63) is 53.5 Å². The van der Waals surface area contributed by atoms with Crippen LogP contribution in [0.3, 0.4) is 0 Å². The van der Waals surface area contributed by atoms with Crippen LogP contribution in [0.15, 0.2) is 36.8 Å². The van der Waals surface area contributed by atoms with Crippen molar-refractivity contribution in [2.45, 2.75) is 32.7 Å². The van der Waals surface area contributed by atoms with E-state index in [-0.39, 0.29) is 18.4 Å². The van der Waals surface area contributed by atoms with Gasteiger partial charge < -0.3 is 24.8 Å². The highest BCUT2D eigenvalue weighted by molar-refractivity contribution is 5.92. The van der Waals surface area contributed by atoms with Crippen LogP contribution in [0.25, 0.3) is 16.7 Å². The molecule has 0 spiro atoms. The minimum absolute atomic E-state index is 0.0142. The number of aromatic nitrogens is 4. The maximum absolute atomic E-state index is 13.5. The standard InChI is InChI=1S/C28H33FN8O3/c1-16-6-8-21-20(14-31-34-21)24(16)22-9-7-19-25(37-13-12-36(15-17(37)2)27(39)18(3)29)32-28(33-26(19)40-22)30-11-10-23(38)35(4)5/h6,8-9,14,17H,3,7,10-13,15H2,1-2,4-5H3,(H,31,34)(H,30,32,33)/t17-/m0/s1. The number of anilines is 2. The van der Waals surface area contributed by atoms with Gasteiger partial charge in [0.15, 0.2) is 5.83 Å². The van der Waals surface area contributed by atoms with Gasteiger partial charge in [-0.3, -0.25) is 14.7 Å². The molecular formula is C28H33FN8O3. The summed E-state index contributed by atoms with van der Waals surface area (Å²) < 4.78 is 20.0. The number of H-pyrrole nitrogens is 1. The van der Waals surface area contributed by atoms with Gasteiger partial charge in [-0.2, -0.15) is 15.1 Å². The van der Waals surface area contributed by atoms with Gasteiger partial charge in [0.05, 0.1) is 17.3 Å². The first-order valence-electron chi connectivity index (χ1n) is 13.2. The van der Waals surface area contributed by atoms with Crippen LogP contribution in [-0.4, -0.2) is 88.1 Å². The number of aromatic amines is 1. The average Bonchev–Trinajstić information content (AvgIpc) is 3.40. The van der Waals surface area contributed by atoms with Gasteiger partial charge >= 0.3 is 0 Å². The molecule has 11 nitrogen and oxygen atoms in total. The smallest absolute Gasteiger partial charge is 0.282 e. The number of nitrogens with one attached hydrogen (secondary N) is 2. The molecule has 2 amide bonds. The zero-order valence-electron chi connectivity index (χ0n) is 23.1. The van der Waals surface area contributed by atoms with Gasteiger partial charge in [0.25, 0.3) is 5.91 Å². The Balaban J connectivity index is 1.48. The fraction of sp³-hybridized carbons (Fsp3) is 0.393. The Morgan fingerprint density at radius 3 is 2.80 bits per heavy atom. The third-order valence-corrected chi connectivity index (χ3v) is 7.26. The SMILES string of the molecule is C=C(F)C(=O)N1CCN(c2nc(NCCC(=O)N(C)C)nc3c2CC=C(c2c(C)ccc4[nH]ncc24)O3)[C@@H](C)C1. The summed E-state index contributed by atoms with van der Waals surface area (Å²) in [6.07, 6.45) is 4.61. The lowest BCUT2D eigenvalue weighted by molar-refractivity contribution is -0.129. The van der Waals surface area contributed by atoms with Crippen molar-refractivity contribution < 1.29 is 18.7 Å². The number of carbonyl (C=O) groups is 2. The molecule has 0 saturated carbocycles. The van der Waals surface area contributed by atoms with Gasteiger partial charge in [-0.15, -0.1) is 0 Å². The lowest BCUT2D eigenvalue weighted by atomic mass is 9.99. The first kappa shape index (κ1) is 27.1. The van der Waals surface area contributed by atoms with Crippen molar-refractivity contribution in [1.82, 2.24) is 30.0 Å². The minimum atomic E-state index is -0.965. The molecule has 1 aromatic carbocycles. The van der Waals surface area contributed by atoms with Crippen molar-refractivity contribution in [3.8, 4) is 5.88 Å². The Labute approximate surface area is 231 Å². The van der Waals surface area contributed by atoms with E-state index in [1.54, 1.807) is 20.3 Å². The highest BCUT2D eigenvalue weighted by Crippen LogP contribution is 2.39. The Morgan fingerprint density at radius 1 is 1.27 bits per heavy atom. The number of amides is 2. The molecule has 12 heteroatoms. The van der Waals surface area contributed by atoms with Crippen LogP contribution in [-0.2, 0) is 16.0 Å². The maximum atomic E-state index is 13.5. The van der Waals surface area contributed by atoms with Crippen LogP contribution >= 0.6 is 0 Å². The summed E-state index contributed by atoms with van der Waals surface area (Å²) in [6, 6.07) is 3.86. The van der Waals surface area contributed by atoms with Crippen molar-refractivity contribution in [2.24, 2.45) is 0 Å². The number of rotatable bonds is 7. The number of carbonyl (C=O) groups excluding carboxylic acids is 2. The van der Waals surface area contributed by atoms with Gasteiger partial charge in [0.2, 0.25) is 17.7 Å². The first-order chi connectivity index (χ1) is 19.1. The zero-order valence-corrected chi connectivity index (χ0v) is 23.1. The molecule has 2 aromatic heterocycles. The van der Waals surface area contributed by atoms with E-state index < -0.39 is 11.7 Å². The fourth-order valence-corrected chi connectivity index (χ4v) is 5.11. The van der Waals surface area contributed by atoms with Crippen molar-refractivity contribution in [3.63, 3.8) is 0 Å². The number of fused-ring (bicyclic) bond motifs is 2. The second-order valence-electron chi connectivity index (χ2n) is 10.3. The number of benzene rings is 1. The lowest BCUT2D eigenvalue weighted by Crippen LogP contribution is -2.54. The van der Waals surface area contributed by atoms with Crippen LogP contribution in [0.4, 0.5) is 16.2 Å². The number of nitrogens with zero attached hydrogens (tertiary/aromatic N) is 6. The Morgan fingerprint density at radius 2 is 2.08 bits per heavy atom. The molecule has 1 saturated heterocycles. The molecule has 0 aliphatic carbocycles. The van der Waals surface area contributed by atoms with Crippen LogP contribution in [0.2, 0.25) is 0 Å². The second kappa shape index (κ2) is 10.9. The Hall–Kier alpha value is -4.48. The Bertz CT molecular complexity index is 1510. The quantitative estimate of drug-likeness (QED) is 0.433. The van der Waals surface area contributed by atoms with Gasteiger partial charge in [0.1, 0.15) is 11.6 Å². The summed E-state index contributed by atoms with van der Waals surface area (Å²) in [5.41, 5.74) is 3.71. The van der Waals surface area contributed by atoms with E-state index in [0.717, 1.165) is 27.6 Å². The highest BCUT2D eigenvalue weighted by atomic mass is 19.1. The minimum Gasteiger partial charge on any atom is -0.438 e. The summed E-state index contributed by atoms with van der Waals surface area (Å²) in [4.78, 5) is 38.9. The first-order valence-corrected chi connectivity index (χ1v) is 13.2. The molecule has 1 fully saturated rings. The average molecular weight is 549 g/mol. The van der Waals surface area contributed by atoms with E-state index in [4.69, 9.17) is 9.72 Å². The number of ether oxygens (including phenoxy) is 1. The number of hydrogen-bond donors (Lipinski definition) is 2. The summed E-state index contributed by atoms with van der Waals surface area (Å²) in [6.45, 7) is 8.59. The topological polar surface area (TPSA) is 120 Å². The van der Waals surface area contributed by atoms with Gasteiger partial charge in [-0.05, 0) is 31.6 Å². The summed E-state index contributed by atoms with van der Waals surface area (Å²) in [5, 5.41) is 11.3. The molecule has 0 bridgehead atoms. The van der Waals surface area contributed by atoms with Gasteiger partial charge in [-0.1, -0.05) is 12.6 Å². The van der Waals surface area contributed by atoms with E-state index in [9.17, 15) is 14.0 Å². The largest absolute Gasteiger partial charge is 0.438 e. The monoisotopic (exact) mass is 548 g/mol. The van der Waals surface area contributed by atoms with Gasteiger partial charge in [-0.25, -0.2) is 4.39 Å². The fourth-order valence-electron chi connectivity index (χ4n) is 5.11. The van der Waals surface area contributed by atoms with Crippen molar-refractivity contribution in [1.29, 1.82) is 0 Å². The number of allylic oxidation sites excluding steroid dienone is 1. The predicted molar refractivity (Wildman–Crippen MR) is 151 cm³/mol. The van der Waals surface area contributed by atoms with Crippen molar-refractivity contribution >= 4 is 40.2 Å². The molecule has 4 heterocycles. The van der Waals surface area contributed by atoms with E-state index in [1.807, 2.05) is 32.1 Å². The second-order valence-corrected chi connectivity index (χ2v) is 10.3. The summed E-state index contributed by atoms with van der Waals surface area (Å²) in [5.74, 6) is 0.449. The highest BCUT2D eigenvalue weighted by Gasteiger charge is 2.33. The van der Waals surface area contributed by atoms with Crippen molar-refractivity contribution in [2.75, 3.05) is 50.5 Å². The molecule has 2 aliphatic rings. The normalized spacial score (nSPS) is 16.7. The number of piperazine rings is 1. The van der Waals surface area contributed by atoms with Crippen LogP contribution in [0.1, 0.15) is 30.0 Å². The molecule has 5 rings (SSSR count). The number of halogens is 1. The number of aryl methyl sites for hydroxylation is 1. The van der Waals surface area contributed by atoms with Crippen LogP contribution < -0.4 is 15.0 Å². The third-order valence-electron chi connectivity index (χ3n) is 7.26. The van der Waals surface area contributed by atoms with Gasteiger partial charge in [0, 0.05) is 70.1 Å². The molecule has 2 N–H and O–H groups in total. The maximum Gasteiger partial charge on any atom is 0.282 e. The Kier molecular flexibility index (Phi) is 7.42. The molecule has 0 unspecified atom stereocenters. The summed E-state index contributed by atoms with van der Waals surface area (Å²) in [7, 11) is 3.42. The predicted octanol–water partition coefficient (Wildman–Crippen LogP) is 3.05. The van der Waals surface area contributed by atoms with Crippen LogP contribution in [0.5, 0.6) is 5.88 Å². The molecule has 210 valence electrons. The lowest BCUT2D eigenvalue weighted by Gasteiger charge is -2.41. The molecule has 40 heavy (non-hydrogen) atoms. The van der Waals surface area contributed by atoms with E-state index in [1.165, 1.54) is 9.80 Å². The van der Waals surface area contributed by atoms with E-state index in [2.05, 4.69) is 32.0 Å². The molecule has 0 radical (unpaired) electrons. The molecule has 1 atom stereocenters. The molecule has 2 aliphatic heterocycles.